The summed E-state index contributed by atoms with van der Waals surface area (Å²) < 4.78 is 1.00. The molecule has 0 aromatic heterocycles. The van der Waals surface area contributed by atoms with Gasteiger partial charge in [-0.1, -0.05) is 33.6 Å². The van der Waals surface area contributed by atoms with Crippen molar-refractivity contribution in [2.45, 2.75) is 32.2 Å². The Hall–Kier alpha value is -0.0900. The molecule has 1 aromatic rings. The number of hydrogen-bond acceptors (Lipinski definition) is 2. The Morgan fingerprint density at radius 3 is 2.76 bits per heavy atom. The molecule has 1 atom stereocenters. The molecule has 0 saturated heterocycles. The van der Waals surface area contributed by atoms with Gasteiger partial charge in [0, 0.05) is 22.1 Å². The zero-order valence-corrected chi connectivity index (χ0v) is 12.4. The van der Waals surface area contributed by atoms with E-state index in [-0.39, 0.29) is 12.6 Å². The summed E-state index contributed by atoms with van der Waals surface area (Å²) in [6, 6.07) is 6.22. The highest BCUT2D eigenvalue weighted by Gasteiger charge is 2.08. The van der Waals surface area contributed by atoms with Crippen molar-refractivity contribution in [3.05, 3.63) is 33.3 Å². The second-order valence-corrected chi connectivity index (χ2v) is 5.45. The van der Waals surface area contributed by atoms with Crippen molar-refractivity contribution < 1.29 is 5.11 Å². The highest BCUT2D eigenvalue weighted by Crippen LogP contribution is 2.26. The zero-order chi connectivity index (χ0) is 12.7. The van der Waals surface area contributed by atoms with Gasteiger partial charge in [-0.05, 0) is 50.4 Å². The summed E-state index contributed by atoms with van der Waals surface area (Å²) >= 11 is 9.58. The van der Waals surface area contributed by atoms with Crippen LogP contribution in [0.1, 0.15) is 37.8 Å². The first-order valence-corrected chi connectivity index (χ1v) is 7.11. The van der Waals surface area contributed by atoms with Gasteiger partial charge in [-0.15, -0.1) is 0 Å². The van der Waals surface area contributed by atoms with Crippen LogP contribution in [0.4, 0.5) is 0 Å². The van der Waals surface area contributed by atoms with Gasteiger partial charge < -0.3 is 10.4 Å². The summed E-state index contributed by atoms with van der Waals surface area (Å²) in [6.07, 6.45) is 3.03. The fourth-order valence-electron chi connectivity index (χ4n) is 1.69. The Bertz CT molecular complexity index is 346. The van der Waals surface area contributed by atoms with E-state index in [0.29, 0.717) is 0 Å². The van der Waals surface area contributed by atoms with E-state index in [4.69, 9.17) is 16.7 Å². The van der Waals surface area contributed by atoms with Crippen LogP contribution in [-0.2, 0) is 0 Å². The fraction of sp³-hybridized carbons (Fsp3) is 0.538. The van der Waals surface area contributed by atoms with E-state index in [1.165, 1.54) is 0 Å². The number of benzene rings is 1. The standard InChI is InChI=1S/C13H19BrClNO/c1-10(16-7-3-2-4-8-17)12-6-5-11(14)9-13(12)15/h5-6,9-10,16-17H,2-4,7-8H2,1H3. The maximum absolute atomic E-state index is 8.67. The van der Waals surface area contributed by atoms with Gasteiger partial charge in [-0.25, -0.2) is 0 Å². The molecule has 4 heteroatoms. The average Bonchev–Trinajstić information content (AvgIpc) is 2.28. The van der Waals surface area contributed by atoms with Crippen LogP contribution in [-0.4, -0.2) is 18.3 Å². The van der Waals surface area contributed by atoms with Gasteiger partial charge in [0.25, 0.3) is 0 Å². The molecule has 2 nitrogen and oxygen atoms in total. The van der Waals surface area contributed by atoms with E-state index in [0.717, 1.165) is 40.9 Å². The second kappa shape index (κ2) is 8.09. The van der Waals surface area contributed by atoms with E-state index in [1.54, 1.807) is 0 Å². The molecule has 0 radical (unpaired) electrons. The van der Waals surface area contributed by atoms with Crippen LogP contribution >= 0.6 is 27.5 Å². The number of aliphatic hydroxyl groups excluding tert-OH is 1. The van der Waals surface area contributed by atoms with Crippen LogP contribution in [0.3, 0.4) is 0 Å². The van der Waals surface area contributed by atoms with Crippen molar-refractivity contribution in [3.8, 4) is 0 Å². The lowest BCUT2D eigenvalue weighted by Crippen LogP contribution is -2.20. The van der Waals surface area contributed by atoms with E-state index in [1.807, 2.05) is 18.2 Å². The minimum atomic E-state index is 0.254. The summed E-state index contributed by atoms with van der Waals surface area (Å²) in [7, 11) is 0. The van der Waals surface area contributed by atoms with Gasteiger partial charge in [0.05, 0.1) is 0 Å². The van der Waals surface area contributed by atoms with E-state index < -0.39 is 0 Å². The number of rotatable bonds is 7. The molecule has 17 heavy (non-hydrogen) atoms. The van der Waals surface area contributed by atoms with Gasteiger partial charge in [0.1, 0.15) is 0 Å². The molecule has 0 aliphatic rings. The number of hydrogen-bond donors (Lipinski definition) is 2. The van der Waals surface area contributed by atoms with Gasteiger partial charge >= 0.3 is 0 Å². The van der Waals surface area contributed by atoms with Crippen molar-refractivity contribution in [1.82, 2.24) is 5.32 Å². The van der Waals surface area contributed by atoms with Gasteiger partial charge in [0.15, 0.2) is 0 Å². The lowest BCUT2D eigenvalue weighted by atomic mass is 10.1. The minimum absolute atomic E-state index is 0.254. The number of unbranched alkanes of at least 4 members (excludes halogenated alkanes) is 2. The summed E-state index contributed by atoms with van der Waals surface area (Å²) in [5.74, 6) is 0. The average molecular weight is 321 g/mol. The molecule has 0 aliphatic heterocycles. The van der Waals surface area contributed by atoms with Gasteiger partial charge in [0.2, 0.25) is 0 Å². The molecule has 0 heterocycles. The molecule has 0 fully saturated rings. The first kappa shape index (κ1) is 15.0. The summed E-state index contributed by atoms with van der Waals surface area (Å²) in [5, 5.41) is 12.9. The highest BCUT2D eigenvalue weighted by molar-refractivity contribution is 9.10. The Labute approximate surface area is 117 Å². The van der Waals surface area contributed by atoms with Crippen LogP contribution < -0.4 is 5.32 Å². The topological polar surface area (TPSA) is 32.3 Å². The first-order valence-electron chi connectivity index (χ1n) is 5.94. The highest BCUT2D eigenvalue weighted by atomic mass is 79.9. The molecule has 1 rings (SSSR count). The monoisotopic (exact) mass is 319 g/mol. The predicted octanol–water partition coefficient (Wildman–Crippen LogP) is 3.92. The van der Waals surface area contributed by atoms with Crippen LogP contribution in [0.2, 0.25) is 5.02 Å². The molecule has 0 aliphatic carbocycles. The Balaban J connectivity index is 2.38. The van der Waals surface area contributed by atoms with Gasteiger partial charge in [-0.2, -0.15) is 0 Å². The van der Waals surface area contributed by atoms with Crippen LogP contribution in [0, 0.1) is 0 Å². The smallest absolute Gasteiger partial charge is 0.0464 e. The Morgan fingerprint density at radius 1 is 1.35 bits per heavy atom. The minimum Gasteiger partial charge on any atom is -0.396 e. The summed E-state index contributed by atoms with van der Waals surface area (Å²) in [5.41, 5.74) is 1.12. The Kier molecular flexibility index (Phi) is 7.12. The first-order chi connectivity index (χ1) is 8.15. The van der Waals surface area contributed by atoms with Crippen molar-refractivity contribution in [2.24, 2.45) is 0 Å². The molecular formula is C13H19BrClNO. The second-order valence-electron chi connectivity index (χ2n) is 4.13. The van der Waals surface area contributed by atoms with Crippen LogP contribution in [0.25, 0.3) is 0 Å². The third-order valence-corrected chi connectivity index (χ3v) is 3.53. The summed E-state index contributed by atoms with van der Waals surface area (Å²) in [4.78, 5) is 0. The van der Waals surface area contributed by atoms with Crippen LogP contribution in [0.5, 0.6) is 0 Å². The molecule has 0 bridgehead atoms. The maximum atomic E-state index is 8.67. The summed E-state index contributed by atoms with van der Waals surface area (Å²) in [6.45, 7) is 3.35. The maximum Gasteiger partial charge on any atom is 0.0464 e. The quantitative estimate of drug-likeness (QED) is 0.746. The van der Waals surface area contributed by atoms with E-state index in [9.17, 15) is 0 Å². The van der Waals surface area contributed by atoms with Crippen molar-refractivity contribution in [2.75, 3.05) is 13.2 Å². The van der Waals surface area contributed by atoms with Crippen molar-refractivity contribution >= 4 is 27.5 Å². The molecule has 1 aromatic carbocycles. The van der Waals surface area contributed by atoms with E-state index in [2.05, 4.69) is 28.2 Å². The fourth-order valence-corrected chi connectivity index (χ4v) is 2.53. The molecule has 0 amide bonds. The predicted molar refractivity (Wildman–Crippen MR) is 76.5 cm³/mol. The number of halogens is 2. The SMILES string of the molecule is CC(NCCCCCO)c1ccc(Br)cc1Cl. The van der Waals surface area contributed by atoms with E-state index >= 15 is 0 Å². The molecule has 0 saturated carbocycles. The third kappa shape index (κ3) is 5.38. The van der Waals surface area contributed by atoms with Gasteiger partial charge in [-0.3, -0.25) is 0 Å². The number of aliphatic hydroxyl groups is 1. The molecule has 96 valence electrons. The largest absolute Gasteiger partial charge is 0.396 e. The molecule has 0 spiro atoms. The van der Waals surface area contributed by atoms with Crippen LogP contribution in [0.15, 0.2) is 22.7 Å². The van der Waals surface area contributed by atoms with Crippen molar-refractivity contribution in [3.63, 3.8) is 0 Å². The van der Waals surface area contributed by atoms with Crippen molar-refractivity contribution in [1.29, 1.82) is 0 Å². The third-order valence-electron chi connectivity index (χ3n) is 2.71. The molecule has 1 unspecified atom stereocenters. The lowest BCUT2D eigenvalue weighted by Gasteiger charge is -2.15. The lowest BCUT2D eigenvalue weighted by molar-refractivity contribution is 0.282. The number of nitrogens with one attached hydrogen (secondary N) is 1. The Morgan fingerprint density at radius 2 is 2.12 bits per heavy atom. The molecular weight excluding hydrogens is 302 g/mol. The normalized spacial score (nSPS) is 12.7. The molecule has 2 N–H and O–H groups in total. The zero-order valence-electron chi connectivity index (χ0n) is 10.0.